The molecule has 14 heavy (non-hydrogen) atoms. The third-order valence-corrected chi connectivity index (χ3v) is 2.85. The van der Waals surface area contributed by atoms with Crippen molar-refractivity contribution >= 4 is 17.5 Å². The molecule has 0 aliphatic carbocycles. The fourth-order valence-corrected chi connectivity index (χ4v) is 2.00. The van der Waals surface area contributed by atoms with Crippen LogP contribution in [0.1, 0.15) is 22.0 Å². The number of fused-ring (bicyclic) bond motifs is 1. The lowest BCUT2D eigenvalue weighted by atomic mass is 10.1. The Kier molecular flexibility index (Phi) is 2.21. The van der Waals surface area contributed by atoms with Crippen molar-refractivity contribution in [2.45, 2.75) is 6.04 Å². The topological polar surface area (TPSA) is 46.3 Å². The van der Waals surface area contributed by atoms with Crippen LogP contribution in [0, 0.1) is 0 Å². The minimum atomic E-state index is -0.00485. The Labute approximate surface area is 87.4 Å². The Bertz CT molecular complexity index is 392. The first-order valence-electron chi connectivity index (χ1n) is 4.42. The van der Waals surface area contributed by atoms with Crippen molar-refractivity contribution in [2.24, 2.45) is 5.73 Å². The van der Waals surface area contributed by atoms with Gasteiger partial charge in [0.05, 0.1) is 6.04 Å². The fraction of sp³-hybridized carbons (Fsp3) is 0.300. The molecule has 1 aromatic rings. The number of carbonyl (C=O) groups excluding carboxylic acids is 1. The molecule has 0 fully saturated rings. The summed E-state index contributed by atoms with van der Waals surface area (Å²) in [4.78, 5) is 13.4. The molecule has 0 saturated carbocycles. The second kappa shape index (κ2) is 3.26. The third-order valence-electron chi connectivity index (χ3n) is 2.62. The SMILES string of the molecule is CN1C(=O)c2cc(Cl)ccc2[C@H]1CN. The van der Waals surface area contributed by atoms with Crippen LogP contribution in [0.4, 0.5) is 0 Å². The summed E-state index contributed by atoms with van der Waals surface area (Å²) in [6.45, 7) is 0.441. The molecule has 1 aliphatic heterocycles. The highest BCUT2D eigenvalue weighted by atomic mass is 35.5. The van der Waals surface area contributed by atoms with Gasteiger partial charge < -0.3 is 10.6 Å². The number of amides is 1. The number of nitrogens with zero attached hydrogens (tertiary/aromatic N) is 1. The summed E-state index contributed by atoms with van der Waals surface area (Å²) in [6, 6.07) is 5.35. The van der Waals surface area contributed by atoms with Crippen LogP contribution in [0.15, 0.2) is 18.2 Å². The minimum absolute atomic E-state index is 0.00190. The van der Waals surface area contributed by atoms with Crippen molar-refractivity contribution in [1.82, 2.24) is 4.90 Å². The van der Waals surface area contributed by atoms with Gasteiger partial charge in [0.2, 0.25) is 0 Å². The Morgan fingerprint density at radius 1 is 1.57 bits per heavy atom. The van der Waals surface area contributed by atoms with Crippen LogP contribution in [0.3, 0.4) is 0 Å². The van der Waals surface area contributed by atoms with Gasteiger partial charge in [0.1, 0.15) is 0 Å². The molecule has 1 atom stereocenters. The summed E-state index contributed by atoms with van der Waals surface area (Å²) in [6.07, 6.45) is 0. The van der Waals surface area contributed by atoms with E-state index in [1.807, 2.05) is 6.07 Å². The van der Waals surface area contributed by atoms with Gasteiger partial charge in [-0.25, -0.2) is 0 Å². The molecule has 0 saturated heterocycles. The first kappa shape index (κ1) is 9.49. The number of hydrogen-bond acceptors (Lipinski definition) is 2. The molecule has 3 nitrogen and oxygen atoms in total. The molecule has 2 N–H and O–H groups in total. The summed E-state index contributed by atoms with van der Waals surface area (Å²) >= 11 is 5.83. The number of rotatable bonds is 1. The quantitative estimate of drug-likeness (QED) is 0.762. The predicted molar refractivity (Wildman–Crippen MR) is 55.3 cm³/mol. The highest BCUT2D eigenvalue weighted by molar-refractivity contribution is 6.31. The van der Waals surface area contributed by atoms with E-state index in [0.717, 1.165) is 5.56 Å². The van der Waals surface area contributed by atoms with Gasteiger partial charge in [-0.05, 0) is 17.7 Å². The zero-order valence-corrected chi connectivity index (χ0v) is 8.58. The average Bonchev–Trinajstić information content (AvgIpc) is 2.41. The smallest absolute Gasteiger partial charge is 0.254 e. The molecule has 1 heterocycles. The molecule has 1 amide bonds. The molecule has 0 radical (unpaired) electrons. The Morgan fingerprint density at radius 3 is 2.93 bits per heavy atom. The lowest BCUT2D eigenvalue weighted by molar-refractivity contribution is 0.0778. The maximum absolute atomic E-state index is 11.7. The highest BCUT2D eigenvalue weighted by Gasteiger charge is 2.32. The maximum atomic E-state index is 11.7. The van der Waals surface area contributed by atoms with Crippen molar-refractivity contribution in [3.63, 3.8) is 0 Å². The maximum Gasteiger partial charge on any atom is 0.254 e. The molecule has 2 rings (SSSR count). The van der Waals surface area contributed by atoms with E-state index in [4.69, 9.17) is 17.3 Å². The van der Waals surface area contributed by atoms with Crippen molar-refractivity contribution in [3.05, 3.63) is 34.3 Å². The second-order valence-electron chi connectivity index (χ2n) is 3.40. The highest BCUT2D eigenvalue weighted by Crippen LogP contribution is 2.32. The van der Waals surface area contributed by atoms with Gasteiger partial charge in [0, 0.05) is 24.2 Å². The van der Waals surface area contributed by atoms with Crippen molar-refractivity contribution in [1.29, 1.82) is 0 Å². The minimum Gasteiger partial charge on any atom is -0.333 e. The second-order valence-corrected chi connectivity index (χ2v) is 3.84. The van der Waals surface area contributed by atoms with Gasteiger partial charge in [-0.15, -0.1) is 0 Å². The largest absolute Gasteiger partial charge is 0.333 e. The van der Waals surface area contributed by atoms with Crippen LogP contribution < -0.4 is 5.73 Å². The summed E-state index contributed by atoms with van der Waals surface area (Å²) < 4.78 is 0. The molecular formula is C10H11ClN2O. The molecule has 0 bridgehead atoms. The van der Waals surface area contributed by atoms with E-state index in [1.54, 1.807) is 24.1 Å². The van der Waals surface area contributed by atoms with Gasteiger partial charge >= 0.3 is 0 Å². The molecule has 4 heteroatoms. The molecule has 0 unspecified atom stereocenters. The zero-order chi connectivity index (χ0) is 10.3. The fourth-order valence-electron chi connectivity index (χ4n) is 1.83. The molecule has 1 aliphatic rings. The van der Waals surface area contributed by atoms with Crippen LogP contribution in [0.5, 0.6) is 0 Å². The van der Waals surface area contributed by atoms with Gasteiger partial charge in [-0.2, -0.15) is 0 Å². The number of carbonyl (C=O) groups is 1. The number of hydrogen-bond donors (Lipinski definition) is 1. The van der Waals surface area contributed by atoms with Gasteiger partial charge in [-0.3, -0.25) is 4.79 Å². The van der Waals surface area contributed by atoms with E-state index in [9.17, 15) is 4.79 Å². The monoisotopic (exact) mass is 210 g/mol. The van der Waals surface area contributed by atoms with Gasteiger partial charge in [-0.1, -0.05) is 17.7 Å². The Morgan fingerprint density at radius 2 is 2.29 bits per heavy atom. The lowest BCUT2D eigenvalue weighted by Crippen LogP contribution is -2.28. The summed E-state index contributed by atoms with van der Waals surface area (Å²) in [7, 11) is 1.76. The van der Waals surface area contributed by atoms with Crippen LogP contribution in [0.2, 0.25) is 5.02 Å². The average molecular weight is 211 g/mol. The van der Waals surface area contributed by atoms with Crippen LogP contribution in [0.25, 0.3) is 0 Å². The summed E-state index contributed by atoms with van der Waals surface area (Å²) in [5.74, 6) is -0.00190. The number of halogens is 1. The lowest BCUT2D eigenvalue weighted by Gasteiger charge is -2.18. The normalized spacial score (nSPS) is 20.1. The first-order valence-corrected chi connectivity index (χ1v) is 4.79. The Hall–Kier alpha value is -1.06. The van der Waals surface area contributed by atoms with E-state index < -0.39 is 0 Å². The summed E-state index contributed by atoms with van der Waals surface area (Å²) in [5, 5.41) is 0.586. The van der Waals surface area contributed by atoms with Crippen molar-refractivity contribution in [3.8, 4) is 0 Å². The molecule has 0 aromatic heterocycles. The summed E-state index contributed by atoms with van der Waals surface area (Å²) in [5.41, 5.74) is 7.27. The van der Waals surface area contributed by atoms with Crippen molar-refractivity contribution in [2.75, 3.05) is 13.6 Å². The standard InChI is InChI=1S/C10H11ClN2O/c1-13-9(5-12)7-3-2-6(11)4-8(7)10(13)14/h2-4,9H,5,12H2,1H3/t9-/m1/s1. The van der Waals surface area contributed by atoms with Crippen LogP contribution >= 0.6 is 11.6 Å². The zero-order valence-electron chi connectivity index (χ0n) is 7.83. The Balaban J connectivity index is 2.55. The van der Waals surface area contributed by atoms with Crippen LogP contribution in [-0.2, 0) is 0 Å². The third kappa shape index (κ3) is 1.21. The van der Waals surface area contributed by atoms with Gasteiger partial charge in [0.25, 0.3) is 5.91 Å². The van der Waals surface area contributed by atoms with Crippen molar-refractivity contribution < 1.29 is 4.79 Å². The predicted octanol–water partition coefficient (Wildman–Crippen LogP) is 1.43. The van der Waals surface area contributed by atoms with E-state index >= 15 is 0 Å². The molecule has 74 valence electrons. The van der Waals surface area contributed by atoms with Crippen LogP contribution in [-0.4, -0.2) is 24.4 Å². The molecular weight excluding hydrogens is 200 g/mol. The molecule has 1 aromatic carbocycles. The molecule has 0 spiro atoms. The van der Waals surface area contributed by atoms with E-state index in [1.165, 1.54) is 0 Å². The van der Waals surface area contributed by atoms with E-state index in [-0.39, 0.29) is 11.9 Å². The number of likely N-dealkylation sites (N-methyl/N-ethyl adjacent to an activating group) is 1. The number of benzene rings is 1. The van der Waals surface area contributed by atoms with E-state index in [0.29, 0.717) is 17.1 Å². The number of nitrogens with two attached hydrogens (primary N) is 1. The van der Waals surface area contributed by atoms with E-state index in [2.05, 4.69) is 0 Å². The van der Waals surface area contributed by atoms with Gasteiger partial charge in [0.15, 0.2) is 0 Å². The first-order chi connectivity index (χ1) is 6.65.